The van der Waals surface area contributed by atoms with Gasteiger partial charge in [-0.15, -0.1) is 0 Å². The molecule has 0 amide bonds. The molecule has 102 valence electrons. The average Bonchev–Trinajstić information content (AvgIpc) is 2.36. The maximum atomic E-state index is 11.9. The summed E-state index contributed by atoms with van der Waals surface area (Å²) >= 11 is 0. The van der Waals surface area contributed by atoms with Gasteiger partial charge in [-0.1, -0.05) is 44.2 Å². The van der Waals surface area contributed by atoms with Crippen molar-refractivity contribution >= 4 is 10.0 Å². The maximum absolute atomic E-state index is 11.9. The van der Waals surface area contributed by atoms with Crippen molar-refractivity contribution in [1.82, 2.24) is 4.72 Å². The summed E-state index contributed by atoms with van der Waals surface area (Å²) < 4.78 is 26.3. The molecule has 18 heavy (non-hydrogen) atoms. The molecule has 3 N–H and O–H groups in total. The fourth-order valence-corrected chi connectivity index (χ4v) is 3.08. The lowest BCUT2D eigenvalue weighted by atomic mass is 10.0. The van der Waals surface area contributed by atoms with Crippen LogP contribution < -0.4 is 10.5 Å². The third kappa shape index (κ3) is 5.16. The van der Waals surface area contributed by atoms with Crippen LogP contribution in [0.3, 0.4) is 0 Å². The predicted octanol–water partition coefficient (Wildman–Crippen LogP) is 1.45. The van der Waals surface area contributed by atoms with Crippen molar-refractivity contribution in [2.45, 2.75) is 32.2 Å². The van der Waals surface area contributed by atoms with E-state index in [0.717, 1.165) is 12.0 Å². The van der Waals surface area contributed by atoms with Gasteiger partial charge in [-0.05, 0) is 17.9 Å². The molecule has 2 unspecified atom stereocenters. The van der Waals surface area contributed by atoms with E-state index in [4.69, 9.17) is 5.73 Å². The maximum Gasteiger partial charge on any atom is 0.212 e. The van der Waals surface area contributed by atoms with Gasteiger partial charge < -0.3 is 5.73 Å². The van der Waals surface area contributed by atoms with Gasteiger partial charge in [0, 0.05) is 12.6 Å². The lowest BCUT2D eigenvalue weighted by Crippen LogP contribution is -2.38. The van der Waals surface area contributed by atoms with Gasteiger partial charge >= 0.3 is 0 Å². The van der Waals surface area contributed by atoms with Crippen LogP contribution in [-0.2, 0) is 10.0 Å². The second-order valence-electron chi connectivity index (χ2n) is 4.61. The third-order valence-corrected chi connectivity index (χ3v) is 4.47. The molecule has 1 rings (SSSR count). The molecule has 0 saturated heterocycles. The Labute approximate surface area is 110 Å². The van der Waals surface area contributed by atoms with Gasteiger partial charge in [0.05, 0.1) is 5.75 Å². The summed E-state index contributed by atoms with van der Waals surface area (Å²) in [6, 6.07) is 9.52. The van der Waals surface area contributed by atoms with Crippen molar-refractivity contribution in [2.24, 2.45) is 5.73 Å². The summed E-state index contributed by atoms with van der Waals surface area (Å²) in [5, 5.41) is 0. The van der Waals surface area contributed by atoms with Crippen LogP contribution in [0.2, 0.25) is 0 Å². The molecule has 0 fully saturated rings. The first kappa shape index (κ1) is 15.1. The number of benzene rings is 1. The molecule has 0 aliphatic heterocycles. The summed E-state index contributed by atoms with van der Waals surface area (Å²) in [6.07, 6.45) is 0.761. The Bertz CT molecular complexity index is 445. The highest BCUT2D eigenvalue weighted by Gasteiger charge is 2.17. The Morgan fingerprint density at radius 3 is 2.44 bits per heavy atom. The Morgan fingerprint density at radius 2 is 1.89 bits per heavy atom. The number of hydrogen-bond donors (Lipinski definition) is 2. The van der Waals surface area contributed by atoms with Crippen molar-refractivity contribution in [3.8, 4) is 0 Å². The van der Waals surface area contributed by atoms with Gasteiger partial charge in [0.25, 0.3) is 0 Å². The fourth-order valence-electron chi connectivity index (χ4n) is 1.64. The first-order valence-electron chi connectivity index (χ1n) is 6.22. The second kappa shape index (κ2) is 6.87. The van der Waals surface area contributed by atoms with Crippen molar-refractivity contribution in [3.63, 3.8) is 0 Å². The highest BCUT2D eigenvalue weighted by molar-refractivity contribution is 7.89. The van der Waals surface area contributed by atoms with Crippen LogP contribution >= 0.6 is 0 Å². The van der Waals surface area contributed by atoms with E-state index in [-0.39, 0.29) is 17.7 Å². The number of hydrogen-bond acceptors (Lipinski definition) is 3. The summed E-state index contributed by atoms with van der Waals surface area (Å²) in [7, 11) is -3.26. The van der Waals surface area contributed by atoms with E-state index >= 15 is 0 Å². The minimum Gasteiger partial charge on any atom is -0.327 e. The molecule has 1 aromatic rings. The Morgan fingerprint density at radius 1 is 1.28 bits per heavy atom. The molecule has 2 atom stereocenters. The quantitative estimate of drug-likeness (QED) is 0.787. The van der Waals surface area contributed by atoms with Crippen LogP contribution in [-0.4, -0.2) is 26.8 Å². The monoisotopic (exact) mass is 270 g/mol. The van der Waals surface area contributed by atoms with E-state index in [1.165, 1.54) is 0 Å². The second-order valence-corrected chi connectivity index (χ2v) is 6.46. The molecule has 1 aromatic carbocycles. The molecule has 0 aliphatic carbocycles. The Kier molecular flexibility index (Phi) is 5.78. The van der Waals surface area contributed by atoms with Crippen LogP contribution in [0.25, 0.3) is 0 Å². The topological polar surface area (TPSA) is 72.2 Å². The van der Waals surface area contributed by atoms with Crippen molar-refractivity contribution in [3.05, 3.63) is 35.9 Å². The molecule has 0 aliphatic rings. The standard InChI is InChI=1S/C13H22N2O2S/c1-3-13(14)9-15-18(16,17)10-11(2)12-7-5-4-6-8-12/h4-8,11,13,15H,3,9-10,14H2,1-2H3. The van der Waals surface area contributed by atoms with Crippen LogP contribution in [0, 0.1) is 0 Å². The summed E-state index contributed by atoms with van der Waals surface area (Å²) in [6.45, 7) is 4.15. The summed E-state index contributed by atoms with van der Waals surface area (Å²) in [4.78, 5) is 0. The van der Waals surface area contributed by atoms with Gasteiger partial charge in [0.15, 0.2) is 0 Å². The minimum atomic E-state index is -3.26. The zero-order chi connectivity index (χ0) is 13.6. The molecule has 0 radical (unpaired) electrons. The predicted molar refractivity (Wildman–Crippen MR) is 74.9 cm³/mol. The third-order valence-electron chi connectivity index (χ3n) is 2.93. The fraction of sp³-hybridized carbons (Fsp3) is 0.538. The number of sulfonamides is 1. The van der Waals surface area contributed by atoms with Gasteiger partial charge in [-0.2, -0.15) is 0 Å². The normalized spacial score (nSPS) is 15.3. The highest BCUT2D eigenvalue weighted by atomic mass is 32.2. The summed E-state index contributed by atoms with van der Waals surface area (Å²) in [5.74, 6) is 0.0644. The molecule has 0 spiro atoms. The molecule has 0 heterocycles. The summed E-state index contributed by atoms with van der Waals surface area (Å²) in [5.41, 5.74) is 6.73. The number of nitrogens with one attached hydrogen (secondary N) is 1. The first-order chi connectivity index (χ1) is 8.44. The molecule has 5 heteroatoms. The zero-order valence-corrected chi connectivity index (χ0v) is 11.8. The van der Waals surface area contributed by atoms with E-state index in [1.54, 1.807) is 0 Å². The largest absolute Gasteiger partial charge is 0.327 e. The molecule has 0 aromatic heterocycles. The van der Waals surface area contributed by atoms with Crippen LogP contribution in [0.15, 0.2) is 30.3 Å². The number of nitrogens with two attached hydrogens (primary N) is 1. The average molecular weight is 270 g/mol. The lowest BCUT2D eigenvalue weighted by molar-refractivity contribution is 0.559. The molecule has 0 saturated carbocycles. The van der Waals surface area contributed by atoms with Crippen molar-refractivity contribution < 1.29 is 8.42 Å². The minimum absolute atomic E-state index is 0.0263. The van der Waals surface area contributed by atoms with E-state index in [0.29, 0.717) is 6.54 Å². The number of rotatable bonds is 7. The Hall–Kier alpha value is -0.910. The molecular formula is C13H22N2O2S. The first-order valence-corrected chi connectivity index (χ1v) is 7.87. The van der Waals surface area contributed by atoms with Crippen LogP contribution in [0.5, 0.6) is 0 Å². The van der Waals surface area contributed by atoms with E-state index in [9.17, 15) is 8.42 Å². The van der Waals surface area contributed by atoms with Gasteiger partial charge in [-0.25, -0.2) is 13.1 Å². The van der Waals surface area contributed by atoms with Crippen molar-refractivity contribution in [1.29, 1.82) is 0 Å². The van der Waals surface area contributed by atoms with E-state index < -0.39 is 10.0 Å². The van der Waals surface area contributed by atoms with Gasteiger partial charge in [0.1, 0.15) is 0 Å². The van der Waals surface area contributed by atoms with Crippen LogP contribution in [0.4, 0.5) is 0 Å². The van der Waals surface area contributed by atoms with Gasteiger partial charge in [0.2, 0.25) is 10.0 Å². The Balaban J connectivity index is 2.55. The van der Waals surface area contributed by atoms with Crippen LogP contribution in [0.1, 0.15) is 31.7 Å². The molecular weight excluding hydrogens is 248 g/mol. The molecule has 4 nitrogen and oxygen atoms in total. The zero-order valence-electron chi connectivity index (χ0n) is 11.0. The lowest BCUT2D eigenvalue weighted by Gasteiger charge is -2.15. The van der Waals surface area contributed by atoms with Crippen molar-refractivity contribution in [2.75, 3.05) is 12.3 Å². The highest BCUT2D eigenvalue weighted by Crippen LogP contribution is 2.16. The van der Waals surface area contributed by atoms with E-state index in [2.05, 4.69) is 4.72 Å². The van der Waals surface area contributed by atoms with Gasteiger partial charge in [-0.3, -0.25) is 0 Å². The molecule has 0 bridgehead atoms. The SMILES string of the molecule is CCC(N)CNS(=O)(=O)CC(C)c1ccccc1. The smallest absolute Gasteiger partial charge is 0.212 e. The van der Waals surface area contributed by atoms with E-state index in [1.807, 2.05) is 44.2 Å².